The maximum absolute atomic E-state index is 13.2. The van der Waals surface area contributed by atoms with Gasteiger partial charge in [0.25, 0.3) is 0 Å². The lowest BCUT2D eigenvalue weighted by Gasteiger charge is -2.20. The van der Waals surface area contributed by atoms with Gasteiger partial charge in [0.05, 0.1) is 23.4 Å². The third-order valence-corrected chi connectivity index (χ3v) is 7.50. The van der Waals surface area contributed by atoms with Crippen molar-refractivity contribution >= 4 is 51.2 Å². The van der Waals surface area contributed by atoms with E-state index in [0.29, 0.717) is 39.2 Å². The molecule has 0 aliphatic carbocycles. The molecule has 0 saturated carbocycles. The maximum atomic E-state index is 13.2. The summed E-state index contributed by atoms with van der Waals surface area (Å²) in [5.41, 5.74) is 3.17. The molecule has 1 aliphatic rings. The highest BCUT2D eigenvalue weighted by Crippen LogP contribution is 2.37. The second kappa shape index (κ2) is 11.4. The Morgan fingerprint density at radius 1 is 1.07 bits per heavy atom. The van der Waals surface area contributed by atoms with Crippen LogP contribution in [-0.2, 0) is 4.79 Å². The molecule has 0 spiro atoms. The number of aromatic nitrogens is 3. The molecule has 230 valence electrons. The fourth-order valence-electron chi connectivity index (χ4n) is 4.42. The molecule has 0 unspecified atom stereocenters. The number of anilines is 2. The summed E-state index contributed by atoms with van der Waals surface area (Å²) in [6, 6.07) is 15.7. The molecule has 6 rings (SSSR count). The maximum Gasteiger partial charge on any atom is 0.499 e. The van der Waals surface area contributed by atoms with Crippen molar-refractivity contribution < 1.29 is 40.7 Å². The van der Waals surface area contributed by atoms with Crippen LogP contribution in [0.1, 0.15) is 5.56 Å². The van der Waals surface area contributed by atoms with E-state index in [0.717, 1.165) is 23.9 Å². The Hall–Kier alpha value is -5.25. The molecule has 0 radical (unpaired) electrons. The smallest absolute Gasteiger partial charge is 0.464 e. The number of amides is 3. The number of carbonyl (C=O) groups excluding carboxylic acids is 2. The van der Waals surface area contributed by atoms with Gasteiger partial charge >= 0.3 is 18.3 Å². The number of aryl methyl sites for hydroxylation is 1. The zero-order valence-corrected chi connectivity index (χ0v) is 23.7. The number of amidine groups is 1. The van der Waals surface area contributed by atoms with Crippen molar-refractivity contribution in [2.24, 2.45) is 4.99 Å². The van der Waals surface area contributed by atoms with E-state index >= 15 is 0 Å². The van der Waals surface area contributed by atoms with Gasteiger partial charge in [-0.2, -0.15) is 26.9 Å². The molecular weight excluding hydrogens is 623 g/mol. The quantitative estimate of drug-likeness (QED) is 0.195. The van der Waals surface area contributed by atoms with E-state index in [9.17, 15) is 31.5 Å². The van der Waals surface area contributed by atoms with Crippen molar-refractivity contribution in [2.45, 2.75) is 19.2 Å². The van der Waals surface area contributed by atoms with E-state index in [4.69, 9.17) is 4.42 Å². The Kier molecular flexibility index (Phi) is 7.52. The van der Waals surface area contributed by atoms with E-state index in [1.807, 2.05) is 0 Å². The van der Waals surface area contributed by atoms with Crippen LogP contribution in [0.15, 0.2) is 88.7 Å². The van der Waals surface area contributed by atoms with Crippen molar-refractivity contribution in [1.82, 2.24) is 14.8 Å². The molecule has 0 bridgehead atoms. The molecule has 1 N–H and O–H groups in total. The molecule has 16 heteroatoms. The lowest BCUT2D eigenvalue weighted by Crippen LogP contribution is -2.41. The monoisotopic (exact) mass is 642 g/mol. The fourth-order valence-corrected chi connectivity index (χ4v) is 5.28. The average molecular weight is 643 g/mol. The van der Waals surface area contributed by atoms with Crippen molar-refractivity contribution in [1.29, 1.82) is 0 Å². The number of halogens is 5. The summed E-state index contributed by atoms with van der Waals surface area (Å²) >= 11 is 1.14. The Labute approximate surface area is 254 Å². The summed E-state index contributed by atoms with van der Waals surface area (Å²) in [7, 11) is 0. The van der Waals surface area contributed by atoms with E-state index in [-0.39, 0.29) is 22.7 Å². The van der Waals surface area contributed by atoms with Gasteiger partial charge in [-0.05, 0) is 73.2 Å². The number of hydrogen-bond acceptors (Lipinski definition) is 7. The van der Waals surface area contributed by atoms with E-state index in [2.05, 4.69) is 25.1 Å². The summed E-state index contributed by atoms with van der Waals surface area (Å²) in [6.07, 6.45) is -8.34. The lowest BCUT2D eigenvalue weighted by atomic mass is 10.1. The second-order valence-electron chi connectivity index (χ2n) is 9.60. The average Bonchev–Trinajstić information content (AvgIpc) is 3.74. The highest BCUT2D eigenvalue weighted by atomic mass is 32.2. The molecule has 1 fully saturated rings. The second-order valence-corrected chi connectivity index (χ2v) is 10.5. The van der Waals surface area contributed by atoms with Gasteiger partial charge in [-0.25, -0.2) is 14.5 Å². The van der Waals surface area contributed by atoms with Crippen molar-refractivity contribution in [3.63, 3.8) is 0 Å². The number of thioether (sulfide) groups is 1. The number of ether oxygens (including phenoxy) is 1. The zero-order chi connectivity index (χ0) is 31.9. The van der Waals surface area contributed by atoms with Crippen LogP contribution in [0.4, 0.5) is 38.1 Å². The van der Waals surface area contributed by atoms with Gasteiger partial charge < -0.3 is 14.5 Å². The standard InChI is InChI=1S/C29H19F5N6O4S/c1-16-13-17(25-35-15-39(38-25)18-6-8-19(9-7-18)44-29(33,34)28(30,31)32)5-10-21(16)36-26(42)37-27-40(24(41)14-45-27)22-3-2-4-23-20(22)11-12-43-23/h2-13,15H,14H2,1H3,(H,36,42). The summed E-state index contributed by atoms with van der Waals surface area (Å²) in [5, 5.41) is 7.99. The van der Waals surface area contributed by atoms with Gasteiger partial charge in [-0.15, -0.1) is 5.10 Å². The molecule has 3 amide bonds. The minimum Gasteiger partial charge on any atom is -0.464 e. The molecule has 1 aliphatic heterocycles. The van der Waals surface area contributed by atoms with Crippen molar-refractivity contribution in [3.05, 3.63) is 84.9 Å². The number of fused-ring (bicyclic) bond motifs is 1. The largest absolute Gasteiger partial charge is 0.499 e. The molecule has 10 nitrogen and oxygen atoms in total. The van der Waals surface area contributed by atoms with Gasteiger partial charge in [-0.3, -0.25) is 9.69 Å². The Bertz CT molecular complexity index is 1950. The first-order chi connectivity index (χ1) is 21.4. The van der Waals surface area contributed by atoms with Crippen LogP contribution in [0, 0.1) is 6.92 Å². The Morgan fingerprint density at radius 2 is 1.84 bits per heavy atom. The van der Waals surface area contributed by atoms with Gasteiger partial charge in [0, 0.05) is 16.6 Å². The first-order valence-electron chi connectivity index (χ1n) is 13.0. The van der Waals surface area contributed by atoms with E-state index in [1.54, 1.807) is 49.4 Å². The molecule has 5 aromatic rings. The Morgan fingerprint density at radius 3 is 2.58 bits per heavy atom. The number of alkyl halides is 5. The number of hydrogen-bond donors (Lipinski definition) is 1. The first kappa shape index (κ1) is 29.8. The molecule has 3 heterocycles. The third kappa shape index (κ3) is 5.95. The number of nitrogens with zero attached hydrogens (tertiary/aromatic N) is 5. The minimum absolute atomic E-state index is 0.125. The first-order valence-corrected chi connectivity index (χ1v) is 14.0. The number of aliphatic imine (C=N–C) groups is 1. The lowest BCUT2D eigenvalue weighted by molar-refractivity contribution is -0.360. The fraction of sp³-hybridized carbons (Fsp3) is 0.138. The van der Waals surface area contributed by atoms with Gasteiger partial charge in [0.15, 0.2) is 11.0 Å². The van der Waals surface area contributed by atoms with Crippen LogP contribution in [0.25, 0.3) is 28.0 Å². The summed E-state index contributed by atoms with van der Waals surface area (Å²) in [5.74, 6) is -0.495. The molecule has 0 atom stereocenters. The van der Waals surface area contributed by atoms with Crippen LogP contribution in [0.3, 0.4) is 0 Å². The van der Waals surface area contributed by atoms with Gasteiger partial charge in [0.1, 0.15) is 17.7 Å². The van der Waals surface area contributed by atoms with Crippen LogP contribution in [0.5, 0.6) is 5.75 Å². The molecule has 3 aromatic carbocycles. The highest BCUT2D eigenvalue weighted by molar-refractivity contribution is 8.15. The van der Waals surface area contributed by atoms with Gasteiger partial charge in [-0.1, -0.05) is 17.8 Å². The molecule has 2 aromatic heterocycles. The van der Waals surface area contributed by atoms with Crippen LogP contribution < -0.4 is 15.0 Å². The normalized spacial score (nSPS) is 14.8. The third-order valence-electron chi connectivity index (χ3n) is 6.57. The van der Waals surface area contributed by atoms with Crippen LogP contribution in [-0.4, -0.2) is 49.9 Å². The summed E-state index contributed by atoms with van der Waals surface area (Å²) in [6.45, 7) is 1.75. The van der Waals surface area contributed by atoms with Gasteiger partial charge in [0.2, 0.25) is 5.91 Å². The topological polar surface area (TPSA) is 115 Å². The van der Waals surface area contributed by atoms with E-state index in [1.165, 1.54) is 34.3 Å². The number of urea groups is 1. The zero-order valence-electron chi connectivity index (χ0n) is 22.9. The number of nitrogens with one attached hydrogen (secondary N) is 1. The minimum atomic E-state index is -5.86. The highest BCUT2D eigenvalue weighted by Gasteiger charge is 2.61. The SMILES string of the molecule is Cc1cc(-c2ncn(-c3ccc(OC(F)(F)C(F)(F)F)cc3)n2)ccc1NC(=O)N=C1SCC(=O)N1c1cccc2occc12. The molecule has 45 heavy (non-hydrogen) atoms. The number of furan rings is 1. The Balaban J connectivity index is 1.15. The number of carbonyl (C=O) groups is 2. The van der Waals surface area contributed by atoms with Crippen LogP contribution in [0.2, 0.25) is 0 Å². The summed E-state index contributed by atoms with van der Waals surface area (Å²) < 4.78 is 74.1. The van der Waals surface area contributed by atoms with Crippen LogP contribution >= 0.6 is 11.8 Å². The van der Waals surface area contributed by atoms with Crippen molar-refractivity contribution in [2.75, 3.05) is 16.0 Å². The molecule has 1 saturated heterocycles. The summed E-state index contributed by atoms with van der Waals surface area (Å²) in [4.78, 5) is 35.3. The number of rotatable bonds is 6. The number of benzene rings is 3. The predicted molar refractivity (Wildman–Crippen MR) is 156 cm³/mol. The van der Waals surface area contributed by atoms with Crippen molar-refractivity contribution in [3.8, 4) is 22.8 Å². The predicted octanol–water partition coefficient (Wildman–Crippen LogP) is 7.19. The van der Waals surface area contributed by atoms with E-state index < -0.39 is 24.1 Å². The molecular formula is C29H19F5N6O4S.